The number of rotatable bonds is 3. The highest BCUT2D eigenvalue weighted by Gasteiger charge is 2.28. The fourth-order valence-corrected chi connectivity index (χ4v) is 1.27. The summed E-state index contributed by atoms with van der Waals surface area (Å²) in [6.45, 7) is 1.99. The summed E-state index contributed by atoms with van der Waals surface area (Å²) in [4.78, 5) is 23.2. The monoisotopic (exact) mass is 167 g/mol. The van der Waals surface area contributed by atoms with Crippen LogP contribution >= 0.6 is 0 Å². The van der Waals surface area contributed by atoms with Crippen molar-refractivity contribution in [1.29, 1.82) is 0 Å². The van der Waals surface area contributed by atoms with Gasteiger partial charge in [-0.3, -0.25) is 4.79 Å². The maximum atomic E-state index is 11.2. The van der Waals surface area contributed by atoms with Crippen LogP contribution in [-0.4, -0.2) is 23.1 Å². The number of carbonyl (C=O) groups is 2. The molecule has 1 amide bonds. The molecular weight excluding hydrogens is 154 g/mol. The first-order valence-electron chi connectivity index (χ1n) is 4.22. The predicted octanol–water partition coefficient (Wildman–Crippen LogP) is 1.10. The SMILES string of the molecule is CCC=CN1C(=O)CC[C@H]1C=O. The van der Waals surface area contributed by atoms with Crippen LogP contribution in [0.15, 0.2) is 12.3 Å². The standard InChI is InChI=1S/C9H13NO2/c1-2-3-6-10-8(7-11)4-5-9(10)12/h3,6-8H,2,4-5H2,1H3/t8-/m0/s1. The van der Waals surface area contributed by atoms with Gasteiger partial charge in [0.15, 0.2) is 0 Å². The molecule has 1 rings (SSSR count). The zero-order valence-corrected chi connectivity index (χ0v) is 7.19. The molecule has 1 aliphatic rings. The minimum Gasteiger partial charge on any atom is -0.309 e. The maximum Gasteiger partial charge on any atom is 0.227 e. The fourth-order valence-electron chi connectivity index (χ4n) is 1.27. The minimum atomic E-state index is -0.222. The van der Waals surface area contributed by atoms with Crippen LogP contribution in [0.2, 0.25) is 0 Å². The van der Waals surface area contributed by atoms with Crippen LogP contribution < -0.4 is 0 Å². The molecule has 1 heterocycles. The molecule has 66 valence electrons. The van der Waals surface area contributed by atoms with Crippen LogP contribution in [0, 0.1) is 0 Å². The lowest BCUT2D eigenvalue weighted by atomic mass is 10.2. The molecule has 1 atom stereocenters. The van der Waals surface area contributed by atoms with Crippen LogP contribution in [0.1, 0.15) is 26.2 Å². The van der Waals surface area contributed by atoms with Gasteiger partial charge in [0, 0.05) is 12.6 Å². The zero-order chi connectivity index (χ0) is 8.97. The molecule has 0 aliphatic carbocycles. The summed E-state index contributed by atoms with van der Waals surface area (Å²) in [5.74, 6) is 0.0526. The Labute approximate surface area is 72.0 Å². The summed E-state index contributed by atoms with van der Waals surface area (Å²) in [6, 6.07) is -0.222. The van der Waals surface area contributed by atoms with Gasteiger partial charge in [-0.25, -0.2) is 0 Å². The summed E-state index contributed by atoms with van der Waals surface area (Å²) in [5.41, 5.74) is 0. The van der Waals surface area contributed by atoms with E-state index in [2.05, 4.69) is 0 Å². The molecule has 1 saturated heterocycles. The van der Waals surface area contributed by atoms with Gasteiger partial charge in [0.1, 0.15) is 6.29 Å². The number of hydrogen-bond donors (Lipinski definition) is 0. The van der Waals surface area contributed by atoms with E-state index in [4.69, 9.17) is 0 Å². The number of allylic oxidation sites excluding steroid dienone is 1. The average molecular weight is 167 g/mol. The van der Waals surface area contributed by atoms with Crippen LogP contribution in [-0.2, 0) is 9.59 Å². The largest absolute Gasteiger partial charge is 0.309 e. The predicted molar refractivity (Wildman–Crippen MR) is 45.4 cm³/mol. The summed E-state index contributed by atoms with van der Waals surface area (Å²) in [7, 11) is 0. The molecule has 0 aromatic carbocycles. The van der Waals surface area contributed by atoms with Gasteiger partial charge in [-0.05, 0) is 12.8 Å². The van der Waals surface area contributed by atoms with Gasteiger partial charge in [-0.2, -0.15) is 0 Å². The van der Waals surface area contributed by atoms with Crippen molar-refractivity contribution in [3.63, 3.8) is 0 Å². The van der Waals surface area contributed by atoms with Gasteiger partial charge >= 0.3 is 0 Å². The van der Waals surface area contributed by atoms with Gasteiger partial charge in [0.25, 0.3) is 0 Å². The lowest BCUT2D eigenvalue weighted by Crippen LogP contribution is -2.28. The highest BCUT2D eigenvalue weighted by Crippen LogP contribution is 2.17. The van der Waals surface area contributed by atoms with Crippen molar-refractivity contribution in [1.82, 2.24) is 4.90 Å². The molecule has 3 heteroatoms. The van der Waals surface area contributed by atoms with Crippen molar-refractivity contribution < 1.29 is 9.59 Å². The number of aldehydes is 1. The molecule has 0 aromatic heterocycles. The van der Waals surface area contributed by atoms with Gasteiger partial charge in [0.2, 0.25) is 5.91 Å². The smallest absolute Gasteiger partial charge is 0.227 e. The number of amides is 1. The highest BCUT2D eigenvalue weighted by atomic mass is 16.2. The first-order chi connectivity index (χ1) is 5.79. The number of hydrogen-bond acceptors (Lipinski definition) is 2. The number of carbonyl (C=O) groups excluding carboxylic acids is 2. The van der Waals surface area contributed by atoms with E-state index >= 15 is 0 Å². The second-order valence-corrected chi connectivity index (χ2v) is 2.84. The Morgan fingerprint density at radius 1 is 1.67 bits per heavy atom. The Morgan fingerprint density at radius 3 is 3.00 bits per heavy atom. The Morgan fingerprint density at radius 2 is 2.42 bits per heavy atom. The van der Waals surface area contributed by atoms with E-state index in [-0.39, 0.29) is 11.9 Å². The quantitative estimate of drug-likeness (QED) is 0.590. The van der Waals surface area contributed by atoms with E-state index in [9.17, 15) is 9.59 Å². The molecule has 12 heavy (non-hydrogen) atoms. The van der Waals surface area contributed by atoms with E-state index in [1.807, 2.05) is 13.0 Å². The molecule has 0 unspecified atom stereocenters. The summed E-state index contributed by atoms with van der Waals surface area (Å²) < 4.78 is 0. The van der Waals surface area contributed by atoms with E-state index in [1.165, 1.54) is 4.90 Å². The summed E-state index contributed by atoms with van der Waals surface area (Å²) in [5, 5.41) is 0. The maximum absolute atomic E-state index is 11.2. The lowest BCUT2D eigenvalue weighted by Gasteiger charge is -2.14. The normalized spacial score (nSPS) is 23.9. The van der Waals surface area contributed by atoms with Crippen LogP contribution in [0.5, 0.6) is 0 Å². The Hall–Kier alpha value is -1.12. The van der Waals surface area contributed by atoms with Gasteiger partial charge < -0.3 is 9.69 Å². The molecule has 0 saturated carbocycles. The van der Waals surface area contributed by atoms with Gasteiger partial charge in [-0.1, -0.05) is 13.0 Å². The molecule has 1 fully saturated rings. The van der Waals surface area contributed by atoms with Crippen molar-refractivity contribution in [3.8, 4) is 0 Å². The lowest BCUT2D eigenvalue weighted by molar-refractivity contribution is -0.128. The van der Waals surface area contributed by atoms with Crippen molar-refractivity contribution in [3.05, 3.63) is 12.3 Å². The van der Waals surface area contributed by atoms with E-state index in [1.54, 1.807) is 6.20 Å². The van der Waals surface area contributed by atoms with E-state index in [0.717, 1.165) is 12.7 Å². The third-order valence-electron chi connectivity index (χ3n) is 1.96. The molecular formula is C9H13NO2. The molecule has 0 aromatic rings. The summed E-state index contributed by atoms with van der Waals surface area (Å²) >= 11 is 0. The van der Waals surface area contributed by atoms with Crippen LogP contribution in [0.3, 0.4) is 0 Å². The Balaban J connectivity index is 2.63. The molecule has 0 spiro atoms. The first kappa shape index (κ1) is 8.97. The van der Waals surface area contributed by atoms with Crippen molar-refractivity contribution >= 4 is 12.2 Å². The minimum absolute atomic E-state index is 0.0526. The Kier molecular flexibility index (Phi) is 3.02. The number of likely N-dealkylation sites (tertiary alicyclic amines) is 1. The Bertz CT molecular complexity index is 211. The third kappa shape index (κ3) is 1.72. The van der Waals surface area contributed by atoms with E-state index < -0.39 is 0 Å². The summed E-state index contributed by atoms with van der Waals surface area (Å²) in [6.07, 6.45) is 6.49. The second kappa shape index (κ2) is 4.04. The molecule has 1 aliphatic heterocycles. The fraction of sp³-hybridized carbons (Fsp3) is 0.556. The second-order valence-electron chi connectivity index (χ2n) is 2.84. The highest BCUT2D eigenvalue weighted by molar-refractivity contribution is 5.84. The van der Waals surface area contributed by atoms with E-state index in [0.29, 0.717) is 12.8 Å². The average Bonchev–Trinajstić information content (AvgIpc) is 2.43. The van der Waals surface area contributed by atoms with Crippen molar-refractivity contribution in [2.45, 2.75) is 32.2 Å². The van der Waals surface area contributed by atoms with Crippen molar-refractivity contribution in [2.24, 2.45) is 0 Å². The van der Waals surface area contributed by atoms with Gasteiger partial charge in [0.05, 0.1) is 6.04 Å². The van der Waals surface area contributed by atoms with Crippen LogP contribution in [0.25, 0.3) is 0 Å². The molecule has 0 N–H and O–H groups in total. The molecule has 0 radical (unpaired) electrons. The number of nitrogens with zero attached hydrogens (tertiary/aromatic N) is 1. The van der Waals surface area contributed by atoms with Gasteiger partial charge in [-0.15, -0.1) is 0 Å². The van der Waals surface area contributed by atoms with Crippen molar-refractivity contribution in [2.75, 3.05) is 0 Å². The van der Waals surface area contributed by atoms with Crippen LogP contribution in [0.4, 0.5) is 0 Å². The molecule has 3 nitrogen and oxygen atoms in total. The third-order valence-corrected chi connectivity index (χ3v) is 1.96. The molecule has 0 bridgehead atoms. The first-order valence-corrected chi connectivity index (χ1v) is 4.22. The zero-order valence-electron chi connectivity index (χ0n) is 7.19. The topological polar surface area (TPSA) is 37.4 Å².